The summed E-state index contributed by atoms with van der Waals surface area (Å²) in [6.45, 7) is 3.04. The Bertz CT molecular complexity index is 647. The molecule has 4 nitrogen and oxygen atoms in total. The fourth-order valence-electron chi connectivity index (χ4n) is 3.06. The van der Waals surface area contributed by atoms with Crippen molar-refractivity contribution in [3.8, 4) is 0 Å². The minimum atomic E-state index is 0.00177. The number of aromatic nitrogens is 4. The van der Waals surface area contributed by atoms with Crippen LogP contribution in [-0.2, 0) is 6.54 Å². The molecule has 0 saturated heterocycles. The summed E-state index contributed by atoms with van der Waals surface area (Å²) in [5.41, 5.74) is 1.32. The van der Waals surface area contributed by atoms with Crippen molar-refractivity contribution in [2.75, 3.05) is 0 Å². The van der Waals surface area contributed by atoms with Gasteiger partial charge in [-0.05, 0) is 49.6 Å². The van der Waals surface area contributed by atoms with Gasteiger partial charge in [-0.15, -0.1) is 11.6 Å². The Balaban J connectivity index is 1.77. The lowest BCUT2D eigenvalue weighted by Gasteiger charge is -2.34. The van der Waals surface area contributed by atoms with Crippen molar-refractivity contribution in [1.29, 1.82) is 0 Å². The van der Waals surface area contributed by atoms with Gasteiger partial charge in [-0.25, -0.2) is 9.97 Å². The van der Waals surface area contributed by atoms with E-state index in [0.717, 1.165) is 44.2 Å². The second kappa shape index (κ2) is 5.90. The molecule has 2 aromatic heterocycles. The highest BCUT2D eigenvalue weighted by atomic mass is 35.5. The Morgan fingerprint density at radius 3 is 2.67 bits per heavy atom. The first-order valence-electron chi connectivity index (χ1n) is 7.23. The van der Waals surface area contributed by atoms with Crippen molar-refractivity contribution in [2.24, 2.45) is 5.92 Å². The molecule has 1 fully saturated rings. The highest BCUT2D eigenvalue weighted by Crippen LogP contribution is 2.40. The quantitative estimate of drug-likeness (QED) is 0.459. The molecule has 1 saturated carbocycles. The maximum absolute atomic E-state index is 6.57. The summed E-state index contributed by atoms with van der Waals surface area (Å²) < 4.78 is 2.03. The molecular weight excluding hydrogens is 331 g/mol. The molecule has 0 unspecified atom stereocenters. The Morgan fingerprint density at radius 2 is 2.00 bits per heavy atom. The maximum Gasteiger partial charge on any atom is 0.225 e. The van der Waals surface area contributed by atoms with E-state index in [1.807, 2.05) is 4.57 Å². The average molecular weight is 348 g/mol. The van der Waals surface area contributed by atoms with Gasteiger partial charge in [0.1, 0.15) is 5.52 Å². The number of nitrogens with zero attached hydrogens (tertiary/aromatic N) is 4. The topological polar surface area (TPSA) is 43.6 Å². The largest absolute Gasteiger partial charge is 0.326 e. The summed E-state index contributed by atoms with van der Waals surface area (Å²) in [5, 5.41) is 0.490. The van der Waals surface area contributed by atoms with E-state index in [0.29, 0.717) is 16.7 Å². The van der Waals surface area contributed by atoms with Crippen LogP contribution in [0.3, 0.4) is 0 Å². The van der Waals surface area contributed by atoms with Crippen molar-refractivity contribution >= 4 is 46.0 Å². The number of halogens is 3. The highest BCUT2D eigenvalue weighted by Gasteiger charge is 2.32. The van der Waals surface area contributed by atoms with Crippen LogP contribution < -0.4 is 0 Å². The molecule has 0 aliphatic heterocycles. The van der Waals surface area contributed by atoms with Gasteiger partial charge >= 0.3 is 0 Å². The van der Waals surface area contributed by atoms with E-state index < -0.39 is 0 Å². The van der Waals surface area contributed by atoms with E-state index >= 15 is 0 Å². The van der Waals surface area contributed by atoms with Gasteiger partial charge in [-0.3, -0.25) is 0 Å². The molecule has 7 heteroatoms. The summed E-state index contributed by atoms with van der Waals surface area (Å²) in [6, 6.07) is 0. The maximum atomic E-state index is 6.57. The molecular formula is C14H17Cl3N4. The average Bonchev–Trinajstić information content (AvgIpc) is 2.85. The monoisotopic (exact) mass is 346 g/mol. The molecule has 2 heterocycles. The van der Waals surface area contributed by atoms with E-state index in [4.69, 9.17) is 34.8 Å². The van der Waals surface area contributed by atoms with Gasteiger partial charge in [0.15, 0.2) is 10.8 Å². The van der Waals surface area contributed by atoms with E-state index in [2.05, 4.69) is 21.9 Å². The van der Waals surface area contributed by atoms with Crippen LogP contribution in [0.1, 0.15) is 39.0 Å². The van der Waals surface area contributed by atoms with Crippen LogP contribution in [0.5, 0.6) is 0 Å². The fourth-order valence-corrected chi connectivity index (χ4v) is 3.76. The van der Waals surface area contributed by atoms with Crippen molar-refractivity contribution in [3.05, 3.63) is 16.8 Å². The van der Waals surface area contributed by atoms with Gasteiger partial charge in [0, 0.05) is 11.4 Å². The third kappa shape index (κ3) is 3.13. The van der Waals surface area contributed by atoms with E-state index in [1.54, 1.807) is 6.33 Å². The third-order valence-electron chi connectivity index (χ3n) is 4.49. The van der Waals surface area contributed by atoms with Crippen LogP contribution in [0, 0.1) is 5.92 Å². The molecule has 1 aliphatic carbocycles. The zero-order valence-corrected chi connectivity index (χ0v) is 14.1. The van der Waals surface area contributed by atoms with Gasteiger partial charge in [-0.2, -0.15) is 4.98 Å². The molecule has 21 heavy (non-hydrogen) atoms. The standard InChI is InChI=1S/C14H17Cl3N4/c1-2-14(17)5-3-9(4-6-14)7-21-8-18-12-10(21)11(15)19-13(16)20-12/h8-9H,2-7H2,1H3. The minimum absolute atomic E-state index is 0.00177. The smallest absolute Gasteiger partial charge is 0.225 e. The van der Waals surface area contributed by atoms with Gasteiger partial charge < -0.3 is 4.57 Å². The molecule has 0 spiro atoms. The van der Waals surface area contributed by atoms with E-state index in [-0.39, 0.29) is 10.2 Å². The molecule has 0 N–H and O–H groups in total. The van der Waals surface area contributed by atoms with Crippen molar-refractivity contribution in [2.45, 2.75) is 50.4 Å². The van der Waals surface area contributed by atoms with Gasteiger partial charge in [0.2, 0.25) is 5.28 Å². The number of hydrogen-bond acceptors (Lipinski definition) is 3. The van der Waals surface area contributed by atoms with Gasteiger partial charge in [0.25, 0.3) is 0 Å². The van der Waals surface area contributed by atoms with Crippen LogP contribution in [-0.4, -0.2) is 24.4 Å². The van der Waals surface area contributed by atoms with Gasteiger partial charge in [-0.1, -0.05) is 18.5 Å². The lowest BCUT2D eigenvalue weighted by atomic mass is 9.80. The second-order valence-corrected chi connectivity index (χ2v) is 7.30. The van der Waals surface area contributed by atoms with Crippen LogP contribution in [0.15, 0.2) is 6.33 Å². The minimum Gasteiger partial charge on any atom is -0.326 e. The van der Waals surface area contributed by atoms with Crippen LogP contribution in [0.2, 0.25) is 10.4 Å². The number of imidazole rings is 1. The number of hydrogen-bond donors (Lipinski definition) is 0. The summed E-state index contributed by atoms with van der Waals surface area (Å²) in [7, 11) is 0. The Kier molecular flexibility index (Phi) is 4.30. The Labute approximate surface area is 138 Å². The molecule has 0 atom stereocenters. The fraction of sp³-hybridized carbons (Fsp3) is 0.643. The Morgan fingerprint density at radius 1 is 1.29 bits per heavy atom. The number of fused-ring (bicyclic) bond motifs is 1. The molecule has 0 aromatic carbocycles. The normalized spacial score (nSPS) is 26.4. The predicted molar refractivity (Wildman–Crippen MR) is 86.2 cm³/mol. The Hall–Kier alpha value is -0.580. The van der Waals surface area contributed by atoms with Crippen LogP contribution in [0.4, 0.5) is 0 Å². The first-order chi connectivity index (χ1) is 10.0. The van der Waals surface area contributed by atoms with Crippen molar-refractivity contribution in [3.63, 3.8) is 0 Å². The summed E-state index contributed by atoms with van der Waals surface area (Å²) in [6.07, 6.45) is 7.19. The SMILES string of the molecule is CCC1(Cl)CCC(Cn2cnc3nc(Cl)nc(Cl)c32)CC1. The first-order valence-corrected chi connectivity index (χ1v) is 8.37. The van der Waals surface area contributed by atoms with Crippen molar-refractivity contribution < 1.29 is 0 Å². The molecule has 0 bridgehead atoms. The zero-order valence-electron chi connectivity index (χ0n) is 11.8. The second-order valence-electron chi connectivity index (χ2n) is 5.80. The zero-order chi connectivity index (χ0) is 15.0. The van der Waals surface area contributed by atoms with Crippen molar-refractivity contribution in [1.82, 2.24) is 19.5 Å². The highest BCUT2D eigenvalue weighted by molar-refractivity contribution is 6.35. The third-order valence-corrected chi connectivity index (χ3v) is 5.57. The molecule has 1 aliphatic rings. The first kappa shape index (κ1) is 15.3. The van der Waals surface area contributed by atoms with E-state index in [1.165, 1.54) is 0 Å². The van der Waals surface area contributed by atoms with E-state index in [9.17, 15) is 0 Å². The van der Waals surface area contributed by atoms with Crippen LogP contribution in [0.25, 0.3) is 11.2 Å². The number of alkyl halides is 1. The summed E-state index contributed by atoms with van der Waals surface area (Å²) in [5.74, 6) is 0.590. The van der Waals surface area contributed by atoms with Crippen LogP contribution >= 0.6 is 34.8 Å². The molecule has 114 valence electrons. The summed E-state index contributed by atoms with van der Waals surface area (Å²) in [4.78, 5) is 12.4. The predicted octanol–water partition coefficient (Wildman–Crippen LogP) is 4.71. The van der Waals surface area contributed by atoms with Gasteiger partial charge in [0.05, 0.1) is 6.33 Å². The summed E-state index contributed by atoms with van der Waals surface area (Å²) >= 11 is 18.5. The molecule has 0 amide bonds. The molecule has 0 radical (unpaired) electrons. The lowest BCUT2D eigenvalue weighted by Crippen LogP contribution is -2.29. The molecule has 3 rings (SSSR count). The molecule has 2 aromatic rings. The number of rotatable bonds is 3. The lowest BCUT2D eigenvalue weighted by molar-refractivity contribution is 0.267.